The Hall–Kier alpha value is -0.290. The summed E-state index contributed by atoms with van der Waals surface area (Å²) in [4.78, 5) is 0. The van der Waals surface area contributed by atoms with Crippen LogP contribution in [0.15, 0.2) is 22.7 Å². The van der Waals surface area contributed by atoms with Gasteiger partial charge in [-0.25, -0.2) is 0 Å². The van der Waals surface area contributed by atoms with Crippen LogP contribution >= 0.6 is 28.3 Å². The van der Waals surface area contributed by atoms with E-state index >= 15 is 0 Å². The molecule has 0 saturated carbocycles. The molecule has 1 aromatic rings. The van der Waals surface area contributed by atoms with E-state index in [1.807, 2.05) is 18.2 Å². The molecule has 1 rings (SSSR count). The Bertz CT molecular complexity index is 323. The number of halogens is 2. The van der Waals surface area contributed by atoms with Gasteiger partial charge in [0.2, 0.25) is 0 Å². The molecule has 0 aliphatic heterocycles. The predicted octanol–water partition coefficient (Wildman–Crippen LogP) is 2.62. The molecule has 0 aromatic heterocycles. The molecule has 92 valence electrons. The van der Waals surface area contributed by atoms with Crippen LogP contribution in [0.25, 0.3) is 0 Å². The van der Waals surface area contributed by atoms with Gasteiger partial charge in [-0.05, 0) is 53.0 Å². The van der Waals surface area contributed by atoms with Crippen molar-refractivity contribution in [2.75, 3.05) is 13.7 Å². The summed E-state index contributed by atoms with van der Waals surface area (Å²) in [7, 11) is 1.65. The van der Waals surface area contributed by atoms with Gasteiger partial charge in [0.05, 0.1) is 11.6 Å². The zero-order chi connectivity index (χ0) is 11.3. The lowest BCUT2D eigenvalue weighted by Gasteiger charge is -2.13. The van der Waals surface area contributed by atoms with Crippen molar-refractivity contribution in [1.29, 1.82) is 0 Å². The predicted molar refractivity (Wildman–Crippen MR) is 73.2 cm³/mol. The summed E-state index contributed by atoms with van der Waals surface area (Å²) in [5.41, 5.74) is 12.6. The number of benzene rings is 1. The minimum Gasteiger partial charge on any atom is -0.496 e. The molecule has 0 aliphatic rings. The molecule has 0 amide bonds. The Morgan fingerprint density at radius 3 is 2.62 bits per heavy atom. The number of nitrogens with two attached hydrogens (primary N) is 2. The summed E-state index contributed by atoms with van der Waals surface area (Å²) >= 11 is 3.44. The zero-order valence-electron chi connectivity index (χ0n) is 9.28. The number of hydrogen-bond acceptors (Lipinski definition) is 3. The molecule has 1 aromatic carbocycles. The molecule has 4 N–H and O–H groups in total. The van der Waals surface area contributed by atoms with Crippen LogP contribution in [0.4, 0.5) is 0 Å². The zero-order valence-corrected chi connectivity index (χ0v) is 11.7. The smallest absolute Gasteiger partial charge is 0.133 e. The van der Waals surface area contributed by atoms with Gasteiger partial charge in [-0.15, -0.1) is 12.4 Å². The van der Waals surface area contributed by atoms with Gasteiger partial charge >= 0.3 is 0 Å². The number of hydrogen-bond donors (Lipinski definition) is 2. The van der Waals surface area contributed by atoms with E-state index < -0.39 is 0 Å². The molecule has 0 bridgehead atoms. The monoisotopic (exact) mass is 308 g/mol. The third-order valence-electron chi connectivity index (χ3n) is 2.32. The average molecular weight is 310 g/mol. The molecule has 0 heterocycles. The first-order chi connectivity index (χ1) is 7.19. The van der Waals surface area contributed by atoms with Crippen LogP contribution in [0.2, 0.25) is 0 Å². The lowest BCUT2D eigenvalue weighted by atomic mass is 10.0. The van der Waals surface area contributed by atoms with Gasteiger partial charge in [-0.3, -0.25) is 0 Å². The molecule has 1 atom stereocenters. The minimum atomic E-state index is 0. The fourth-order valence-electron chi connectivity index (χ4n) is 1.42. The van der Waals surface area contributed by atoms with Crippen LogP contribution in [-0.2, 0) is 0 Å². The first-order valence-corrected chi connectivity index (χ1v) is 5.77. The average Bonchev–Trinajstić information content (AvgIpc) is 2.25. The molecule has 5 heteroatoms. The summed E-state index contributed by atoms with van der Waals surface area (Å²) in [5.74, 6) is 0.824. The topological polar surface area (TPSA) is 61.3 Å². The number of ether oxygens (including phenoxy) is 1. The Labute approximate surface area is 111 Å². The third kappa shape index (κ3) is 4.29. The Balaban J connectivity index is 0.00000225. The minimum absolute atomic E-state index is 0. The Morgan fingerprint density at radius 2 is 2.12 bits per heavy atom. The van der Waals surface area contributed by atoms with Crippen molar-refractivity contribution in [1.82, 2.24) is 0 Å². The summed E-state index contributed by atoms with van der Waals surface area (Å²) < 4.78 is 6.09. The second-order valence-corrected chi connectivity index (χ2v) is 4.29. The maximum atomic E-state index is 6.02. The van der Waals surface area contributed by atoms with Crippen molar-refractivity contribution >= 4 is 28.3 Å². The highest BCUT2D eigenvalue weighted by Crippen LogP contribution is 2.28. The fourth-order valence-corrected chi connectivity index (χ4v) is 1.98. The molecule has 0 spiro atoms. The SMILES string of the molecule is COc1ccc([C@H](N)CCCN)cc1Br.Cl. The van der Waals surface area contributed by atoms with Crippen LogP contribution < -0.4 is 16.2 Å². The van der Waals surface area contributed by atoms with E-state index in [9.17, 15) is 0 Å². The van der Waals surface area contributed by atoms with Crippen molar-refractivity contribution in [3.63, 3.8) is 0 Å². The first-order valence-electron chi connectivity index (χ1n) is 4.98. The number of methoxy groups -OCH3 is 1. The summed E-state index contributed by atoms with van der Waals surface area (Å²) in [6.07, 6.45) is 1.86. The fraction of sp³-hybridized carbons (Fsp3) is 0.455. The molecular weight excluding hydrogens is 291 g/mol. The van der Waals surface area contributed by atoms with Crippen LogP contribution in [0.1, 0.15) is 24.4 Å². The molecule has 0 radical (unpaired) electrons. The number of rotatable bonds is 5. The van der Waals surface area contributed by atoms with Gasteiger partial charge in [0.25, 0.3) is 0 Å². The van der Waals surface area contributed by atoms with Gasteiger partial charge in [0.1, 0.15) is 5.75 Å². The molecule has 0 unspecified atom stereocenters. The summed E-state index contributed by atoms with van der Waals surface area (Å²) in [6, 6.07) is 5.96. The lowest BCUT2D eigenvalue weighted by Crippen LogP contribution is -2.12. The van der Waals surface area contributed by atoms with Crippen molar-refractivity contribution in [3.8, 4) is 5.75 Å². The van der Waals surface area contributed by atoms with Crippen molar-refractivity contribution in [2.24, 2.45) is 11.5 Å². The van der Waals surface area contributed by atoms with Gasteiger partial charge in [-0.1, -0.05) is 6.07 Å². The second-order valence-electron chi connectivity index (χ2n) is 3.43. The molecule has 3 nitrogen and oxygen atoms in total. The van der Waals surface area contributed by atoms with Gasteiger partial charge < -0.3 is 16.2 Å². The van der Waals surface area contributed by atoms with Crippen LogP contribution in [-0.4, -0.2) is 13.7 Å². The van der Waals surface area contributed by atoms with Crippen LogP contribution in [0, 0.1) is 0 Å². The van der Waals surface area contributed by atoms with Gasteiger partial charge in [0, 0.05) is 6.04 Å². The Kier molecular flexibility index (Phi) is 7.76. The molecule has 16 heavy (non-hydrogen) atoms. The van der Waals surface area contributed by atoms with E-state index in [1.54, 1.807) is 7.11 Å². The van der Waals surface area contributed by atoms with E-state index in [2.05, 4.69) is 15.9 Å². The summed E-state index contributed by atoms with van der Waals surface area (Å²) in [6.45, 7) is 0.686. The largest absolute Gasteiger partial charge is 0.496 e. The van der Waals surface area contributed by atoms with Crippen molar-refractivity contribution in [2.45, 2.75) is 18.9 Å². The van der Waals surface area contributed by atoms with E-state index in [1.165, 1.54) is 0 Å². The molecule has 0 saturated heterocycles. The summed E-state index contributed by atoms with van der Waals surface area (Å²) in [5, 5.41) is 0. The van der Waals surface area contributed by atoms with Crippen molar-refractivity contribution < 1.29 is 4.74 Å². The maximum absolute atomic E-state index is 6.02. The Morgan fingerprint density at radius 1 is 1.44 bits per heavy atom. The first kappa shape index (κ1) is 15.7. The highest BCUT2D eigenvalue weighted by atomic mass is 79.9. The maximum Gasteiger partial charge on any atom is 0.133 e. The van der Waals surface area contributed by atoms with E-state index in [0.29, 0.717) is 6.54 Å². The highest BCUT2D eigenvalue weighted by Gasteiger charge is 2.08. The van der Waals surface area contributed by atoms with Crippen LogP contribution in [0.5, 0.6) is 5.75 Å². The quantitative estimate of drug-likeness (QED) is 0.879. The van der Waals surface area contributed by atoms with Gasteiger partial charge in [-0.2, -0.15) is 0 Å². The molecule has 0 aliphatic carbocycles. The normalized spacial score (nSPS) is 11.8. The van der Waals surface area contributed by atoms with Crippen molar-refractivity contribution in [3.05, 3.63) is 28.2 Å². The van der Waals surface area contributed by atoms with E-state index in [-0.39, 0.29) is 18.4 Å². The lowest BCUT2D eigenvalue weighted by molar-refractivity contribution is 0.411. The standard InChI is InChI=1S/C11H17BrN2O.ClH/c1-15-11-5-4-8(7-9(11)12)10(14)3-2-6-13;/h4-5,7,10H,2-3,6,13-14H2,1H3;1H/t10-;/m1./s1. The van der Waals surface area contributed by atoms with E-state index in [4.69, 9.17) is 16.2 Å². The van der Waals surface area contributed by atoms with Crippen LogP contribution in [0.3, 0.4) is 0 Å². The molecular formula is C11H18BrClN2O. The third-order valence-corrected chi connectivity index (χ3v) is 2.94. The molecule has 0 fully saturated rings. The highest BCUT2D eigenvalue weighted by molar-refractivity contribution is 9.10. The van der Waals surface area contributed by atoms with Gasteiger partial charge in [0.15, 0.2) is 0 Å². The second kappa shape index (κ2) is 7.90. The van der Waals surface area contributed by atoms with E-state index in [0.717, 1.165) is 28.6 Å².